The van der Waals surface area contributed by atoms with E-state index in [4.69, 9.17) is 0 Å². The van der Waals surface area contributed by atoms with Crippen molar-refractivity contribution in [3.05, 3.63) is 77.5 Å². The summed E-state index contributed by atoms with van der Waals surface area (Å²) >= 11 is 0. The lowest BCUT2D eigenvalue weighted by Gasteiger charge is -2.11. The quantitative estimate of drug-likeness (QED) is 0.589. The molecule has 3 rings (SSSR count). The summed E-state index contributed by atoms with van der Waals surface area (Å²) in [4.78, 5) is 4.53. The minimum Gasteiger partial charge on any atom is -0.340 e. The van der Waals surface area contributed by atoms with E-state index in [-0.39, 0.29) is 4.90 Å². The molecule has 0 saturated heterocycles. The van der Waals surface area contributed by atoms with Crippen LogP contribution in [-0.2, 0) is 10.0 Å². The number of nitrogens with one attached hydrogen (secondary N) is 2. The van der Waals surface area contributed by atoms with Crippen LogP contribution in [0.2, 0.25) is 0 Å². The first kappa shape index (κ1) is 19.9. The number of hydrogen-bond acceptors (Lipinski definition) is 4. The molecule has 146 valence electrons. The van der Waals surface area contributed by atoms with Crippen LogP contribution in [0.5, 0.6) is 0 Å². The molecule has 6 heteroatoms. The number of nitrogens with zero attached hydrogens (tertiary/aromatic N) is 1. The second-order valence-corrected chi connectivity index (χ2v) is 8.87. The maximum Gasteiger partial charge on any atom is 0.261 e. The lowest BCUT2D eigenvalue weighted by Crippen LogP contribution is -2.13. The zero-order valence-corrected chi connectivity index (χ0v) is 17.3. The van der Waals surface area contributed by atoms with E-state index < -0.39 is 10.0 Å². The second kappa shape index (κ2) is 8.02. The topological polar surface area (TPSA) is 71.1 Å². The molecular formula is C22H25N3O2S. The van der Waals surface area contributed by atoms with Gasteiger partial charge in [0, 0.05) is 5.69 Å². The molecule has 0 bridgehead atoms. The molecule has 1 aromatic heterocycles. The first-order valence-corrected chi connectivity index (χ1v) is 10.7. The summed E-state index contributed by atoms with van der Waals surface area (Å²) < 4.78 is 27.7. The van der Waals surface area contributed by atoms with Crippen LogP contribution in [0.4, 0.5) is 17.2 Å². The number of aromatic nitrogens is 1. The molecule has 0 saturated carbocycles. The summed E-state index contributed by atoms with van der Waals surface area (Å²) in [5.41, 5.74) is 4.87. The molecule has 2 aromatic carbocycles. The lowest BCUT2D eigenvalue weighted by molar-refractivity contribution is 0.601. The van der Waals surface area contributed by atoms with Crippen molar-refractivity contribution in [3.63, 3.8) is 0 Å². The van der Waals surface area contributed by atoms with Crippen LogP contribution in [0.3, 0.4) is 0 Å². The van der Waals surface area contributed by atoms with Gasteiger partial charge in [0.1, 0.15) is 5.82 Å². The molecule has 28 heavy (non-hydrogen) atoms. The van der Waals surface area contributed by atoms with Crippen LogP contribution in [0.15, 0.2) is 65.7 Å². The van der Waals surface area contributed by atoms with Gasteiger partial charge in [-0.15, -0.1) is 0 Å². The van der Waals surface area contributed by atoms with E-state index in [1.165, 1.54) is 17.3 Å². The van der Waals surface area contributed by atoms with Gasteiger partial charge in [-0.2, -0.15) is 0 Å². The highest BCUT2D eigenvalue weighted by atomic mass is 32.2. The van der Waals surface area contributed by atoms with Gasteiger partial charge < -0.3 is 5.32 Å². The highest BCUT2D eigenvalue weighted by Gasteiger charge is 2.14. The van der Waals surface area contributed by atoms with Crippen LogP contribution >= 0.6 is 0 Å². The molecule has 0 aliphatic carbocycles. The molecule has 0 aliphatic rings. The number of benzene rings is 2. The molecular weight excluding hydrogens is 370 g/mol. The predicted molar refractivity (Wildman–Crippen MR) is 115 cm³/mol. The summed E-state index contributed by atoms with van der Waals surface area (Å²) in [7, 11) is -3.65. The molecule has 0 spiro atoms. The fourth-order valence-corrected chi connectivity index (χ4v) is 3.78. The Morgan fingerprint density at radius 2 is 1.54 bits per heavy atom. The summed E-state index contributed by atoms with van der Waals surface area (Å²) in [5, 5.41) is 3.22. The van der Waals surface area contributed by atoms with Gasteiger partial charge in [0.15, 0.2) is 0 Å². The summed E-state index contributed by atoms with van der Waals surface area (Å²) in [6.45, 7) is 8.26. The molecule has 0 fully saturated rings. The Hall–Kier alpha value is -2.86. The molecule has 5 nitrogen and oxygen atoms in total. The Kier molecular flexibility index (Phi) is 5.70. The van der Waals surface area contributed by atoms with Crippen LogP contribution in [-0.4, -0.2) is 13.4 Å². The summed E-state index contributed by atoms with van der Waals surface area (Å²) in [5.74, 6) is 0.999. The molecule has 0 atom stereocenters. The third kappa shape index (κ3) is 4.70. The zero-order chi connectivity index (χ0) is 20.3. The van der Waals surface area contributed by atoms with Crippen molar-refractivity contribution in [2.45, 2.75) is 38.5 Å². The number of pyridine rings is 1. The first-order chi connectivity index (χ1) is 13.2. The Bertz CT molecular complexity index is 1060. The maximum absolute atomic E-state index is 12.6. The van der Waals surface area contributed by atoms with Crippen LogP contribution in [0.1, 0.15) is 36.5 Å². The van der Waals surface area contributed by atoms with Crippen molar-refractivity contribution in [1.29, 1.82) is 0 Å². The molecule has 0 aliphatic heterocycles. The van der Waals surface area contributed by atoms with Gasteiger partial charge >= 0.3 is 0 Å². The van der Waals surface area contributed by atoms with Crippen LogP contribution in [0.25, 0.3) is 0 Å². The van der Waals surface area contributed by atoms with Gasteiger partial charge in [0.2, 0.25) is 0 Å². The lowest BCUT2D eigenvalue weighted by atomic mass is 10.0. The van der Waals surface area contributed by atoms with E-state index in [0.29, 0.717) is 17.4 Å². The largest absolute Gasteiger partial charge is 0.340 e. The van der Waals surface area contributed by atoms with E-state index in [1.807, 2.05) is 24.3 Å². The Morgan fingerprint density at radius 3 is 2.11 bits per heavy atom. The van der Waals surface area contributed by atoms with Crippen molar-refractivity contribution >= 4 is 27.2 Å². The van der Waals surface area contributed by atoms with Crippen molar-refractivity contribution in [1.82, 2.24) is 4.98 Å². The second-order valence-electron chi connectivity index (χ2n) is 7.19. The van der Waals surface area contributed by atoms with Gasteiger partial charge in [-0.3, -0.25) is 4.72 Å². The molecule has 0 amide bonds. The SMILES string of the molecule is Cc1ccc(Nc2ccc(NS(=O)(=O)c3ccc(C(C)C)cc3)cn2)cc1C. The highest BCUT2D eigenvalue weighted by molar-refractivity contribution is 7.92. The fourth-order valence-electron chi connectivity index (χ4n) is 2.74. The van der Waals surface area contributed by atoms with E-state index in [2.05, 4.69) is 48.8 Å². The normalized spacial score (nSPS) is 11.5. The van der Waals surface area contributed by atoms with E-state index in [0.717, 1.165) is 11.3 Å². The van der Waals surface area contributed by atoms with Crippen molar-refractivity contribution in [2.24, 2.45) is 0 Å². The molecule has 0 unspecified atom stereocenters. The van der Waals surface area contributed by atoms with Crippen LogP contribution < -0.4 is 10.0 Å². The average molecular weight is 396 g/mol. The molecule has 2 N–H and O–H groups in total. The van der Waals surface area contributed by atoms with Crippen LogP contribution in [0, 0.1) is 13.8 Å². The minimum atomic E-state index is -3.65. The summed E-state index contributed by atoms with van der Waals surface area (Å²) in [6, 6.07) is 16.5. The minimum absolute atomic E-state index is 0.231. The van der Waals surface area contributed by atoms with Gasteiger partial charge in [-0.25, -0.2) is 13.4 Å². The highest BCUT2D eigenvalue weighted by Crippen LogP contribution is 2.22. The van der Waals surface area contributed by atoms with Gasteiger partial charge in [-0.1, -0.05) is 32.0 Å². The third-order valence-corrected chi connectivity index (χ3v) is 6.05. The van der Waals surface area contributed by atoms with E-state index in [9.17, 15) is 8.42 Å². The number of hydrogen-bond donors (Lipinski definition) is 2. The third-order valence-electron chi connectivity index (χ3n) is 4.65. The van der Waals surface area contributed by atoms with Gasteiger partial charge in [0.25, 0.3) is 10.0 Å². The smallest absolute Gasteiger partial charge is 0.261 e. The average Bonchev–Trinajstić information content (AvgIpc) is 2.66. The Balaban J connectivity index is 1.71. The predicted octanol–water partition coefficient (Wildman–Crippen LogP) is 5.37. The molecule has 1 heterocycles. The maximum atomic E-state index is 12.6. The fraction of sp³-hybridized carbons (Fsp3) is 0.227. The standard InChI is InChI=1S/C22H25N3O2S/c1-15(2)18-6-10-21(11-7-18)28(26,27)25-20-9-12-22(23-14-20)24-19-8-5-16(3)17(4)13-19/h5-15,25H,1-4H3,(H,23,24). The van der Waals surface area contributed by atoms with Gasteiger partial charge in [0.05, 0.1) is 16.8 Å². The Morgan fingerprint density at radius 1 is 0.857 bits per heavy atom. The van der Waals surface area contributed by atoms with Crippen molar-refractivity contribution in [3.8, 4) is 0 Å². The summed E-state index contributed by atoms with van der Waals surface area (Å²) in [6.07, 6.45) is 1.50. The van der Waals surface area contributed by atoms with Crippen molar-refractivity contribution in [2.75, 3.05) is 10.0 Å². The number of rotatable bonds is 6. The van der Waals surface area contributed by atoms with E-state index >= 15 is 0 Å². The first-order valence-electron chi connectivity index (χ1n) is 9.18. The number of anilines is 3. The molecule has 0 radical (unpaired) electrons. The van der Waals surface area contributed by atoms with Crippen molar-refractivity contribution < 1.29 is 8.42 Å². The van der Waals surface area contributed by atoms with Gasteiger partial charge in [-0.05, 0) is 72.9 Å². The monoisotopic (exact) mass is 395 g/mol. The zero-order valence-electron chi connectivity index (χ0n) is 16.5. The Labute approximate surface area is 166 Å². The number of sulfonamides is 1. The number of aryl methyl sites for hydroxylation is 2. The molecule has 3 aromatic rings. The van der Waals surface area contributed by atoms with E-state index in [1.54, 1.807) is 24.3 Å².